The highest BCUT2D eigenvalue weighted by molar-refractivity contribution is 5.65. The third-order valence-corrected chi connectivity index (χ3v) is 4.50. The van der Waals surface area contributed by atoms with Crippen LogP contribution in [0.2, 0.25) is 0 Å². The highest BCUT2D eigenvalue weighted by Crippen LogP contribution is 2.43. The first-order valence-corrected chi connectivity index (χ1v) is 8.45. The summed E-state index contributed by atoms with van der Waals surface area (Å²) in [7, 11) is 0. The molecular weight excluding hydrogens is 341 g/mol. The van der Waals surface area contributed by atoms with Gasteiger partial charge in [-0.15, -0.1) is 0 Å². The van der Waals surface area contributed by atoms with Gasteiger partial charge in [0, 0.05) is 28.6 Å². The van der Waals surface area contributed by atoms with Gasteiger partial charge in [0.15, 0.2) is 0 Å². The maximum atomic E-state index is 14.4. The Bertz CT molecular complexity index is 1070. The van der Waals surface area contributed by atoms with Crippen LogP contribution in [0.1, 0.15) is 17.0 Å². The first kappa shape index (κ1) is 16.7. The van der Waals surface area contributed by atoms with E-state index in [-0.39, 0.29) is 17.3 Å². The standard InChI is InChI=1S/C22H16FN3O/c23-19-9-5-4-8-16(19)21-17-11-10-15(26-14-6-2-1-3-7-14)12-20(17)27-22(25)18(21)13-24/h1-12,21,26H,25H2. The van der Waals surface area contributed by atoms with Crippen LogP contribution in [0, 0.1) is 17.1 Å². The molecule has 132 valence electrons. The van der Waals surface area contributed by atoms with Crippen molar-refractivity contribution in [1.29, 1.82) is 5.26 Å². The summed E-state index contributed by atoms with van der Waals surface area (Å²) < 4.78 is 20.1. The van der Waals surface area contributed by atoms with Gasteiger partial charge in [-0.05, 0) is 24.3 Å². The van der Waals surface area contributed by atoms with Crippen LogP contribution in [-0.4, -0.2) is 0 Å². The van der Waals surface area contributed by atoms with Crippen LogP contribution in [0.15, 0.2) is 84.3 Å². The predicted molar refractivity (Wildman–Crippen MR) is 102 cm³/mol. The van der Waals surface area contributed by atoms with Crippen molar-refractivity contribution in [2.24, 2.45) is 5.73 Å². The van der Waals surface area contributed by atoms with Gasteiger partial charge in [-0.25, -0.2) is 4.39 Å². The number of nitriles is 1. The maximum Gasteiger partial charge on any atom is 0.205 e. The number of nitrogens with one attached hydrogen (secondary N) is 1. The molecule has 0 saturated heterocycles. The van der Waals surface area contributed by atoms with Gasteiger partial charge in [0.05, 0.1) is 5.92 Å². The van der Waals surface area contributed by atoms with E-state index >= 15 is 0 Å². The van der Waals surface area contributed by atoms with Gasteiger partial charge >= 0.3 is 0 Å². The lowest BCUT2D eigenvalue weighted by molar-refractivity contribution is 0.392. The van der Waals surface area contributed by atoms with Gasteiger partial charge in [-0.2, -0.15) is 5.26 Å². The zero-order valence-corrected chi connectivity index (χ0v) is 14.3. The molecule has 0 saturated carbocycles. The highest BCUT2D eigenvalue weighted by atomic mass is 19.1. The predicted octanol–water partition coefficient (Wildman–Crippen LogP) is 4.79. The van der Waals surface area contributed by atoms with Crippen molar-refractivity contribution >= 4 is 11.4 Å². The van der Waals surface area contributed by atoms with E-state index in [4.69, 9.17) is 10.5 Å². The van der Waals surface area contributed by atoms with Crippen LogP contribution in [0.5, 0.6) is 5.75 Å². The Labute approximate surface area is 156 Å². The third kappa shape index (κ3) is 3.09. The third-order valence-electron chi connectivity index (χ3n) is 4.50. The van der Waals surface area contributed by atoms with Crippen molar-refractivity contribution < 1.29 is 9.13 Å². The van der Waals surface area contributed by atoms with E-state index in [0.29, 0.717) is 16.9 Å². The quantitative estimate of drug-likeness (QED) is 0.707. The number of hydrogen-bond acceptors (Lipinski definition) is 4. The minimum atomic E-state index is -0.606. The summed E-state index contributed by atoms with van der Waals surface area (Å²) in [6, 6.07) is 23.7. The molecule has 27 heavy (non-hydrogen) atoms. The summed E-state index contributed by atoms with van der Waals surface area (Å²) in [4.78, 5) is 0. The number of halogens is 1. The average Bonchev–Trinajstić information content (AvgIpc) is 2.68. The molecule has 1 unspecified atom stereocenters. The monoisotopic (exact) mass is 357 g/mol. The molecule has 4 rings (SSSR count). The Balaban J connectivity index is 1.79. The van der Waals surface area contributed by atoms with E-state index in [0.717, 1.165) is 11.4 Å². The normalized spacial score (nSPS) is 15.5. The van der Waals surface area contributed by atoms with Crippen molar-refractivity contribution in [3.63, 3.8) is 0 Å². The minimum absolute atomic E-state index is 0.00452. The lowest BCUT2D eigenvalue weighted by Crippen LogP contribution is -2.21. The molecule has 3 aromatic carbocycles. The van der Waals surface area contributed by atoms with Gasteiger partial charge < -0.3 is 15.8 Å². The Morgan fingerprint density at radius 2 is 1.67 bits per heavy atom. The Morgan fingerprint density at radius 3 is 2.41 bits per heavy atom. The number of rotatable bonds is 3. The number of anilines is 2. The lowest BCUT2D eigenvalue weighted by Gasteiger charge is -2.27. The lowest BCUT2D eigenvalue weighted by atomic mass is 9.83. The largest absolute Gasteiger partial charge is 0.440 e. The zero-order valence-electron chi connectivity index (χ0n) is 14.3. The summed E-state index contributed by atoms with van der Waals surface area (Å²) in [5.74, 6) is -0.496. The van der Waals surface area contributed by atoms with Crippen molar-refractivity contribution in [1.82, 2.24) is 0 Å². The van der Waals surface area contributed by atoms with Crippen LogP contribution in [0.3, 0.4) is 0 Å². The second-order valence-corrected chi connectivity index (χ2v) is 6.19. The minimum Gasteiger partial charge on any atom is -0.440 e. The second kappa shape index (κ2) is 6.85. The number of fused-ring (bicyclic) bond motifs is 1. The van der Waals surface area contributed by atoms with Gasteiger partial charge in [-0.1, -0.05) is 42.5 Å². The van der Waals surface area contributed by atoms with Crippen molar-refractivity contribution in [2.45, 2.75) is 5.92 Å². The molecule has 1 aliphatic heterocycles. The molecule has 0 amide bonds. The van der Waals surface area contributed by atoms with E-state index in [1.54, 1.807) is 24.3 Å². The molecule has 1 heterocycles. The molecule has 0 radical (unpaired) electrons. The number of hydrogen-bond donors (Lipinski definition) is 2. The fraction of sp³-hybridized carbons (Fsp3) is 0.0455. The molecule has 4 nitrogen and oxygen atoms in total. The van der Waals surface area contributed by atoms with Crippen molar-refractivity contribution in [2.75, 3.05) is 5.32 Å². The van der Waals surface area contributed by atoms with E-state index in [9.17, 15) is 9.65 Å². The summed E-state index contributed by atoms with van der Waals surface area (Å²) in [6.07, 6.45) is 0. The first-order chi connectivity index (χ1) is 13.2. The van der Waals surface area contributed by atoms with Gasteiger partial charge in [0.25, 0.3) is 0 Å². The van der Waals surface area contributed by atoms with Crippen molar-refractivity contribution in [3.05, 3.63) is 101 Å². The van der Waals surface area contributed by atoms with E-state index in [1.807, 2.05) is 42.5 Å². The van der Waals surface area contributed by atoms with E-state index in [1.165, 1.54) is 6.07 Å². The Kier molecular flexibility index (Phi) is 4.23. The maximum absolute atomic E-state index is 14.4. The zero-order chi connectivity index (χ0) is 18.8. The van der Waals surface area contributed by atoms with Crippen LogP contribution in [0.4, 0.5) is 15.8 Å². The molecular formula is C22H16FN3O. The number of nitrogens with zero attached hydrogens (tertiary/aromatic N) is 1. The number of para-hydroxylation sites is 1. The number of allylic oxidation sites excluding steroid dienone is 1. The Morgan fingerprint density at radius 1 is 0.926 bits per heavy atom. The molecule has 3 N–H and O–H groups in total. The molecule has 1 atom stereocenters. The summed E-state index contributed by atoms with van der Waals surface area (Å²) in [5, 5.41) is 12.8. The second-order valence-electron chi connectivity index (χ2n) is 6.19. The summed E-state index contributed by atoms with van der Waals surface area (Å²) >= 11 is 0. The number of nitrogens with two attached hydrogens (primary N) is 1. The van der Waals surface area contributed by atoms with E-state index < -0.39 is 5.92 Å². The molecule has 0 fully saturated rings. The fourth-order valence-corrected chi connectivity index (χ4v) is 3.25. The van der Waals surface area contributed by atoms with Gasteiger partial charge in [0.2, 0.25) is 5.88 Å². The van der Waals surface area contributed by atoms with E-state index in [2.05, 4.69) is 11.4 Å². The molecule has 3 aromatic rings. The molecule has 0 bridgehead atoms. The summed E-state index contributed by atoms with van der Waals surface area (Å²) in [6.45, 7) is 0. The highest BCUT2D eigenvalue weighted by Gasteiger charge is 2.32. The smallest absolute Gasteiger partial charge is 0.205 e. The summed E-state index contributed by atoms with van der Waals surface area (Å²) in [5.41, 5.74) is 9.01. The van der Waals surface area contributed by atoms with Crippen LogP contribution >= 0.6 is 0 Å². The van der Waals surface area contributed by atoms with Gasteiger partial charge in [-0.3, -0.25) is 0 Å². The molecule has 0 aromatic heterocycles. The van der Waals surface area contributed by atoms with Crippen LogP contribution in [0.25, 0.3) is 0 Å². The molecule has 1 aliphatic rings. The van der Waals surface area contributed by atoms with Crippen LogP contribution < -0.4 is 15.8 Å². The first-order valence-electron chi connectivity index (χ1n) is 8.45. The number of benzene rings is 3. The fourth-order valence-electron chi connectivity index (χ4n) is 3.25. The Hall–Kier alpha value is -3.78. The van der Waals surface area contributed by atoms with Crippen molar-refractivity contribution in [3.8, 4) is 11.8 Å². The molecule has 5 heteroatoms. The topological polar surface area (TPSA) is 71.1 Å². The van der Waals surface area contributed by atoms with Gasteiger partial charge in [0.1, 0.15) is 23.2 Å². The number of ether oxygens (including phenoxy) is 1. The molecule has 0 spiro atoms. The average molecular weight is 357 g/mol. The molecule has 0 aliphatic carbocycles. The SMILES string of the molecule is N#CC1=C(N)Oc2cc(Nc3ccccc3)ccc2C1c1ccccc1F. The van der Waals surface area contributed by atoms with Crippen LogP contribution in [-0.2, 0) is 0 Å².